The zero-order valence-electron chi connectivity index (χ0n) is 43.5. The fourth-order valence-corrected chi connectivity index (χ4v) is 8.34. The van der Waals surface area contributed by atoms with E-state index in [1.807, 2.05) is 0 Å². The van der Waals surface area contributed by atoms with Gasteiger partial charge in [0.1, 0.15) is 13.2 Å². The molecule has 0 amide bonds. The maximum Gasteiger partial charge on any atom is 0.306 e. The highest BCUT2D eigenvalue weighted by Gasteiger charge is 2.19. The lowest BCUT2D eigenvalue weighted by Gasteiger charge is -2.18. The van der Waals surface area contributed by atoms with Gasteiger partial charge >= 0.3 is 17.9 Å². The zero-order valence-corrected chi connectivity index (χ0v) is 43.5. The summed E-state index contributed by atoms with van der Waals surface area (Å²) >= 11 is 0. The summed E-state index contributed by atoms with van der Waals surface area (Å²) in [4.78, 5) is 38.0. The van der Waals surface area contributed by atoms with Crippen molar-refractivity contribution in [2.24, 2.45) is 0 Å². The summed E-state index contributed by atoms with van der Waals surface area (Å²) in [5, 5.41) is 0. The Labute approximate surface area is 404 Å². The second kappa shape index (κ2) is 54.2. The first-order valence-corrected chi connectivity index (χ1v) is 28.5. The van der Waals surface area contributed by atoms with Gasteiger partial charge in [-0.25, -0.2) is 0 Å². The van der Waals surface area contributed by atoms with Crippen LogP contribution in [0.5, 0.6) is 0 Å². The molecular formula is C59H108O6. The molecule has 0 fully saturated rings. The van der Waals surface area contributed by atoms with Crippen LogP contribution >= 0.6 is 0 Å². The largest absolute Gasteiger partial charge is 0.462 e. The molecule has 0 saturated carbocycles. The van der Waals surface area contributed by atoms with Crippen LogP contribution in [0, 0.1) is 0 Å². The van der Waals surface area contributed by atoms with Crippen LogP contribution in [-0.2, 0) is 28.6 Å². The second-order valence-electron chi connectivity index (χ2n) is 19.2. The van der Waals surface area contributed by atoms with Crippen molar-refractivity contribution >= 4 is 17.9 Å². The predicted molar refractivity (Wildman–Crippen MR) is 279 cm³/mol. The van der Waals surface area contributed by atoms with Gasteiger partial charge in [-0.2, -0.15) is 0 Å². The number of unbranched alkanes of at least 4 members (excludes halogenated alkanes) is 35. The van der Waals surface area contributed by atoms with Crippen LogP contribution in [0.15, 0.2) is 36.5 Å². The predicted octanol–water partition coefficient (Wildman–Crippen LogP) is 18.9. The van der Waals surface area contributed by atoms with Crippen LogP contribution in [0.2, 0.25) is 0 Å². The molecule has 65 heavy (non-hydrogen) atoms. The lowest BCUT2D eigenvalue weighted by Crippen LogP contribution is -2.30. The number of rotatable bonds is 52. The molecule has 0 heterocycles. The Bertz CT molecular complexity index is 1090. The molecule has 0 aliphatic heterocycles. The first-order valence-electron chi connectivity index (χ1n) is 28.5. The van der Waals surface area contributed by atoms with E-state index in [-0.39, 0.29) is 37.5 Å². The molecular weight excluding hydrogens is 805 g/mol. The molecule has 0 N–H and O–H groups in total. The molecule has 0 unspecified atom stereocenters. The first-order chi connectivity index (χ1) is 32.0. The van der Waals surface area contributed by atoms with Crippen molar-refractivity contribution in [3.05, 3.63) is 36.5 Å². The summed E-state index contributed by atoms with van der Waals surface area (Å²) in [7, 11) is 0. The number of carbonyl (C=O) groups excluding carboxylic acids is 3. The molecule has 1 atom stereocenters. The molecule has 0 saturated heterocycles. The maximum atomic E-state index is 12.8. The van der Waals surface area contributed by atoms with E-state index in [4.69, 9.17) is 14.2 Å². The monoisotopic (exact) mass is 913 g/mol. The molecule has 0 radical (unpaired) electrons. The molecule has 0 spiro atoms. The van der Waals surface area contributed by atoms with Crippen molar-refractivity contribution in [1.82, 2.24) is 0 Å². The third-order valence-electron chi connectivity index (χ3n) is 12.6. The highest BCUT2D eigenvalue weighted by atomic mass is 16.6. The average Bonchev–Trinajstić information content (AvgIpc) is 3.30. The number of carbonyl (C=O) groups is 3. The molecule has 0 aromatic carbocycles. The lowest BCUT2D eigenvalue weighted by atomic mass is 10.0. The van der Waals surface area contributed by atoms with Crippen LogP contribution in [0.1, 0.15) is 303 Å². The molecule has 380 valence electrons. The van der Waals surface area contributed by atoms with E-state index >= 15 is 0 Å². The summed E-state index contributed by atoms with van der Waals surface area (Å²) in [6.07, 6.45) is 64.3. The van der Waals surface area contributed by atoms with Crippen molar-refractivity contribution in [3.8, 4) is 0 Å². The zero-order chi connectivity index (χ0) is 47.2. The smallest absolute Gasteiger partial charge is 0.306 e. The first kappa shape index (κ1) is 62.6. The van der Waals surface area contributed by atoms with Gasteiger partial charge in [-0.05, 0) is 51.4 Å². The molecule has 0 rings (SSSR count). The van der Waals surface area contributed by atoms with Crippen molar-refractivity contribution in [3.63, 3.8) is 0 Å². The van der Waals surface area contributed by atoms with E-state index < -0.39 is 6.10 Å². The van der Waals surface area contributed by atoms with Crippen molar-refractivity contribution < 1.29 is 28.6 Å². The molecule has 0 aliphatic carbocycles. The summed E-state index contributed by atoms with van der Waals surface area (Å²) in [6, 6.07) is 0. The lowest BCUT2D eigenvalue weighted by molar-refractivity contribution is -0.167. The summed E-state index contributed by atoms with van der Waals surface area (Å²) in [5.74, 6) is -0.924. The van der Waals surface area contributed by atoms with Crippen molar-refractivity contribution in [1.29, 1.82) is 0 Å². The van der Waals surface area contributed by atoms with Crippen LogP contribution in [0.4, 0.5) is 0 Å². The van der Waals surface area contributed by atoms with Crippen molar-refractivity contribution in [2.45, 2.75) is 309 Å². The van der Waals surface area contributed by atoms with Crippen LogP contribution in [0.3, 0.4) is 0 Å². The Morgan fingerprint density at radius 1 is 0.308 bits per heavy atom. The molecule has 6 heteroatoms. The van der Waals surface area contributed by atoms with Gasteiger partial charge < -0.3 is 14.2 Å². The fraction of sp³-hybridized carbons (Fsp3) is 0.847. The maximum absolute atomic E-state index is 12.8. The van der Waals surface area contributed by atoms with Gasteiger partial charge in [-0.15, -0.1) is 0 Å². The van der Waals surface area contributed by atoms with Gasteiger partial charge in [0.25, 0.3) is 0 Å². The van der Waals surface area contributed by atoms with E-state index in [1.54, 1.807) is 0 Å². The molecule has 0 aliphatic rings. The van der Waals surface area contributed by atoms with Crippen LogP contribution in [-0.4, -0.2) is 37.2 Å². The quantitative estimate of drug-likeness (QED) is 0.0262. The fourth-order valence-electron chi connectivity index (χ4n) is 8.34. The average molecular weight is 914 g/mol. The molecule has 0 aromatic rings. The Morgan fingerprint density at radius 3 is 0.908 bits per heavy atom. The van der Waals surface area contributed by atoms with Gasteiger partial charge in [0.05, 0.1) is 0 Å². The summed E-state index contributed by atoms with van der Waals surface area (Å²) in [6.45, 7) is 6.62. The van der Waals surface area contributed by atoms with Crippen molar-refractivity contribution in [2.75, 3.05) is 13.2 Å². The van der Waals surface area contributed by atoms with Gasteiger partial charge in [0.15, 0.2) is 6.10 Å². The Balaban J connectivity index is 4.35. The van der Waals surface area contributed by atoms with E-state index in [1.165, 1.54) is 199 Å². The van der Waals surface area contributed by atoms with Crippen LogP contribution < -0.4 is 0 Å². The molecule has 6 nitrogen and oxygen atoms in total. The standard InChI is InChI=1S/C59H108O6/c1-4-7-10-13-16-19-22-24-26-28-29-31-32-34-37-40-43-46-49-52-58(61)64-55-56(54-63-57(60)51-48-45-42-39-36-21-18-15-12-9-6-3)65-59(62)53-50-47-44-41-38-35-33-30-27-25-23-20-17-14-11-8-5-2/h25,27,33,35,41,44,56H,4-24,26,28-32,34,36-40,42-43,45-55H2,1-3H3/b27-25-,35-33-,44-41-/t56-/m0/s1. The summed E-state index contributed by atoms with van der Waals surface area (Å²) < 4.78 is 16.8. The topological polar surface area (TPSA) is 78.9 Å². The third-order valence-corrected chi connectivity index (χ3v) is 12.6. The van der Waals surface area contributed by atoms with Gasteiger partial charge in [0, 0.05) is 19.3 Å². The highest BCUT2D eigenvalue weighted by molar-refractivity contribution is 5.71. The normalized spacial score (nSPS) is 12.2. The minimum Gasteiger partial charge on any atom is -0.462 e. The number of hydrogen-bond donors (Lipinski definition) is 0. The second-order valence-corrected chi connectivity index (χ2v) is 19.2. The van der Waals surface area contributed by atoms with Crippen LogP contribution in [0.25, 0.3) is 0 Å². The van der Waals surface area contributed by atoms with E-state index in [0.29, 0.717) is 19.3 Å². The van der Waals surface area contributed by atoms with E-state index in [2.05, 4.69) is 57.2 Å². The molecule has 0 aromatic heterocycles. The number of ether oxygens (including phenoxy) is 3. The minimum absolute atomic E-state index is 0.0874. The Hall–Kier alpha value is -2.37. The number of allylic oxidation sites excluding steroid dienone is 6. The van der Waals surface area contributed by atoms with E-state index in [0.717, 1.165) is 57.8 Å². The minimum atomic E-state index is -0.793. The number of esters is 3. The van der Waals surface area contributed by atoms with E-state index in [9.17, 15) is 14.4 Å². The SMILES string of the molecule is CCCCCCCC/C=C\C/C=C\C/C=C\CCCC(=O)O[C@@H](COC(=O)CCCCCCCCCCCCC)COC(=O)CCCCCCCCCCCCCCCCCCCCC. The molecule has 0 bridgehead atoms. The summed E-state index contributed by atoms with van der Waals surface area (Å²) in [5.41, 5.74) is 0. The third kappa shape index (κ3) is 52.5. The number of hydrogen-bond acceptors (Lipinski definition) is 6. The van der Waals surface area contributed by atoms with Gasteiger partial charge in [0.2, 0.25) is 0 Å². The van der Waals surface area contributed by atoms with Gasteiger partial charge in [-0.3, -0.25) is 14.4 Å². The highest BCUT2D eigenvalue weighted by Crippen LogP contribution is 2.16. The Kier molecular flexibility index (Phi) is 52.3. The Morgan fingerprint density at radius 2 is 0.569 bits per heavy atom. The van der Waals surface area contributed by atoms with Gasteiger partial charge in [-0.1, -0.05) is 269 Å².